The second-order valence-electron chi connectivity index (χ2n) is 2.70. The smallest absolute Gasteiger partial charge is 0.333 e. The fraction of sp³-hybridized carbons (Fsp3) is 0.727. The number of carbonyl (C=O) groups is 1. The summed E-state index contributed by atoms with van der Waals surface area (Å²) < 4.78 is 9.55. The van der Waals surface area contributed by atoms with E-state index in [9.17, 15) is 4.79 Å². The molecule has 0 fully saturated rings. The van der Waals surface area contributed by atoms with Crippen LogP contribution in [0.3, 0.4) is 0 Å². The van der Waals surface area contributed by atoms with Gasteiger partial charge in [0.1, 0.15) is 0 Å². The van der Waals surface area contributed by atoms with E-state index in [2.05, 4.69) is 6.58 Å². The Balaban J connectivity index is 0. The molecular weight excluding hydrogens is 180 g/mol. The Morgan fingerprint density at radius 3 is 1.93 bits per heavy atom. The van der Waals surface area contributed by atoms with Gasteiger partial charge in [0, 0.05) is 18.8 Å². The molecule has 0 aromatic carbocycles. The predicted octanol–water partition coefficient (Wildman–Crippen LogP) is 2.56. The minimum absolute atomic E-state index is 0.295. The monoisotopic (exact) mass is 202 g/mol. The van der Waals surface area contributed by atoms with Crippen LogP contribution in [-0.2, 0) is 14.3 Å². The van der Waals surface area contributed by atoms with Crippen molar-refractivity contribution in [2.24, 2.45) is 0 Å². The summed E-state index contributed by atoms with van der Waals surface area (Å²) in [5.74, 6) is -0.295. The summed E-state index contributed by atoms with van der Waals surface area (Å²) >= 11 is 0. The molecular formula is C11H22O3. The van der Waals surface area contributed by atoms with Crippen LogP contribution in [0.4, 0.5) is 0 Å². The van der Waals surface area contributed by atoms with E-state index in [1.807, 2.05) is 20.8 Å². The van der Waals surface area contributed by atoms with Crippen molar-refractivity contribution < 1.29 is 14.3 Å². The highest BCUT2D eigenvalue weighted by molar-refractivity contribution is 5.86. The maximum absolute atomic E-state index is 10.6. The summed E-state index contributed by atoms with van der Waals surface area (Å²) in [6.07, 6.45) is 0.860. The van der Waals surface area contributed by atoms with Gasteiger partial charge in [0.2, 0.25) is 0 Å². The maximum atomic E-state index is 10.6. The quantitative estimate of drug-likeness (QED) is 0.507. The predicted molar refractivity (Wildman–Crippen MR) is 58.2 cm³/mol. The lowest BCUT2D eigenvalue weighted by atomic mass is 10.4. The molecule has 0 aliphatic carbocycles. The third-order valence-corrected chi connectivity index (χ3v) is 1.19. The van der Waals surface area contributed by atoms with E-state index in [4.69, 9.17) is 9.47 Å². The maximum Gasteiger partial charge on any atom is 0.333 e. The van der Waals surface area contributed by atoms with Crippen molar-refractivity contribution in [1.82, 2.24) is 0 Å². The second kappa shape index (κ2) is 12.2. The summed E-state index contributed by atoms with van der Waals surface area (Å²) in [5.41, 5.74) is 0.462. The van der Waals surface area contributed by atoms with Crippen LogP contribution in [0.1, 0.15) is 34.1 Å². The number of hydrogen-bond acceptors (Lipinski definition) is 3. The van der Waals surface area contributed by atoms with Crippen molar-refractivity contribution in [3.63, 3.8) is 0 Å². The Bertz CT molecular complexity index is 151. The average Bonchev–Trinajstić information content (AvgIpc) is 2.16. The first-order valence-electron chi connectivity index (χ1n) is 5.00. The molecule has 0 radical (unpaired) electrons. The first-order valence-corrected chi connectivity index (χ1v) is 5.00. The van der Waals surface area contributed by atoms with Gasteiger partial charge < -0.3 is 9.47 Å². The Hall–Kier alpha value is -0.830. The fourth-order valence-corrected chi connectivity index (χ4v) is 0.522. The van der Waals surface area contributed by atoms with Crippen molar-refractivity contribution in [3.8, 4) is 0 Å². The molecule has 0 spiro atoms. The highest BCUT2D eigenvalue weighted by Crippen LogP contribution is 1.91. The molecule has 14 heavy (non-hydrogen) atoms. The zero-order valence-electron chi connectivity index (χ0n) is 9.76. The second-order valence-corrected chi connectivity index (χ2v) is 2.70. The summed E-state index contributed by atoms with van der Waals surface area (Å²) in [7, 11) is 0. The van der Waals surface area contributed by atoms with Crippen LogP contribution in [0.15, 0.2) is 12.2 Å². The van der Waals surface area contributed by atoms with Crippen LogP contribution in [-0.4, -0.2) is 25.8 Å². The number of ether oxygens (including phenoxy) is 2. The highest BCUT2D eigenvalue weighted by Gasteiger charge is 1.99. The first-order chi connectivity index (χ1) is 6.59. The molecule has 0 N–H and O–H groups in total. The van der Waals surface area contributed by atoms with E-state index in [0.29, 0.717) is 12.2 Å². The van der Waals surface area contributed by atoms with Gasteiger partial charge in [-0.15, -0.1) is 0 Å². The fourth-order valence-electron chi connectivity index (χ4n) is 0.522. The molecule has 0 rings (SSSR count). The van der Waals surface area contributed by atoms with Gasteiger partial charge in [-0.05, 0) is 27.2 Å². The van der Waals surface area contributed by atoms with Crippen molar-refractivity contribution >= 4 is 5.97 Å². The van der Waals surface area contributed by atoms with E-state index in [-0.39, 0.29) is 5.97 Å². The molecule has 0 unspecified atom stereocenters. The highest BCUT2D eigenvalue weighted by atomic mass is 16.5. The SMILES string of the molecule is C=C(C)C(=O)OCCC.CCOCC. The number of hydrogen-bond donors (Lipinski definition) is 0. The van der Waals surface area contributed by atoms with Crippen molar-refractivity contribution in [1.29, 1.82) is 0 Å². The van der Waals surface area contributed by atoms with Gasteiger partial charge in [0.05, 0.1) is 6.61 Å². The van der Waals surface area contributed by atoms with Gasteiger partial charge in [0.25, 0.3) is 0 Å². The number of carbonyl (C=O) groups excluding carboxylic acids is 1. The number of esters is 1. The zero-order valence-corrected chi connectivity index (χ0v) is 9.76. The van der Waals surface area contributed by atoms with Gasteiger partial charge in [-0.25, -0.2) is 4.79 Å². The molecule has 0 atom stereocenters. The first kappa shape index (κ1) is 15.6. The molecule has 0 aromatic heterocycles. The molecule has 0 aromatic rings. The summed E-state index contributed by atoms with van der Waals surface area (Å²) in [5, 5.41) is 0. The Kier molecular flexibility index (Phi) is 13.6. The summed E-state index contributed by atoms with van der Waals surface area (Å²) in [6, 6.07) is 0. The van der Waals surface area contributed by atoms with E-state index < -0.39 is 0 Å². The lowest BCUT2D eigenvalue weighted by Gasteiger charge is -1.99. The van der Waals surface area contributed by atoms with Gasteiger partial charge in [-0.1, -0.05) is 13.5 Å². The minimum atomic E-state index is -0.295. The van der Waals surface area contributed by atoms with Crippen LogP contribution in [0.2, 0.25) is 0 Å². The van der Waals surface area contributed by atoms with Crippen LogP contribution in [0.25, 0.3) is 0 Å². The van der Waals surface area contributed by atoms with Crippen LogP contribution < -0.4 is 0 Å². The molecule has 0 amide bonds. The van der Waals surface area contributed by atoms with Crippen molar-refractivity contribution in [2.45, 2.75) is 34.1 Å². The van der Waals surface area contributed by atoms with E-state index in [0.717, 1.165) is 19.6 Å². The standard InChI is InChI=1S/C7H12O2.C4H10O/c1-4-5-9-7(8)6(2)3;1-3-5-4-2/h2,4-5H2,1,3H3;3-4H2,1-2H3. The topological polar surface area (TPSA) is 35.5 Å². The summed E-state index contributed by atoms with van der Waals surface area (Å²) in [4.78, 5) is 10.6. The zero-order chi connectivity index (χ0) is 11.4. The Labute approximate surface area is 87.1 Å². The van der Waals surface area contributed by atoms with E-state index >= 15 is 0 Å². The Morgan fingerprint density at radius 1 is 1.21 bits per heavy atom. The molecule has 0 saturated heterocycles. The van der Waals surface area contributed by atoms with Gasteiger partial charge in [-0.3, -0.25) is 0 Å². The average molecular weight is 202 g/mol. The third-order valence-electron chi connectivity index (χ3n) is 1.19. The van der Waals surface area contributed by atoms with Crippen LogP contribution >= 0.6 is 0 Å². The van der Waals surface area contributed by atoms with E-state index in [1.54, 1.807) is 6.92 Å². The molecule has 0 aliphatic rings. The molecule has 0 bridgehead atoms. The third kappa shape index (κ3) is 13.7. The Morgan fingerprint density at radius 2 is 1.71 bits per heavy atom. The lowest BCUT2D eigenvalue weighted by Crippen LogP contribution is -2.04. The van der Waals surface area contributed by atoms with Gasteiger partial charge >= 0.3 is 5.97 Å². The molecule has 0 aliphatic heterocycles. The lowest BCUT2D eigenvalue weighted by molar-refractivity contribution is -0.138. The summed E-state index contributed by atoms with van der Waals surface area (Å²) in [6.45, 7) is 13.2. The van der Waals surface area contributed by atoms with Gasteiger partial charge in [-0.2, -0.15) is 0 Å². The van der Waals surface area contributed by atoms with Crippen molar-refractivity contribution in [3.05, 3.63) is 12.2 Å². The van der Waals surface area contributed by atoms with Crippen LogP contribution in [0, 0.1) is 0 Å². The minimum Gasteiger partial charge on any atom is -0.462 e. The largest absolute Gasteiger partial charge is 0.462 e. The van der Waals surface area contributed by atoms with Gasteiger partial charge in [0.15, 0.2) is 0 Å². The molecule has 84 valence electrons. The molecule has 3 nitrogen and oxygen atoms in total. The van der Waals surface area contributed by atoms with Crippen LogP contribution in [0.5, 0.6) is 0 Å². The molecule has 0 saturated carbocycles. The molecule has 3 heteroatoms. The van der Waals surface area contributed by atoms with E-state index in [1.165, 1.54) is 0 Å². The normalized spacial score (nSPS) is 8.57. The number of rotatable bonds is 5. The van der Waals surface area contributed by atoms with Crippen molar-refractivity contribution in [2.75, 3.05) is 19.8 Å². The molecule has 0 heterocycles.